The Hall–Kier alpha value is -2.50. The Bertz CT molecular complexity index is 1000. The lowest BCUT2D eigenvalue weighted by atomic mass is 10.00. The molecule has 2 heterocycles. The summed E-state index contributed by atoms with van der Waals surface area (Å²) in [6.45, 7) is 9.24. The minimum Gasteiger partial charge on any atom is -0.490 e. The molecular weight excluding hydrogens is 398 g/mol. The SMILES string of the molecule is CCOc1cc(-c2n[nH]c3c2CN(Cc2ccccc2)CC3)cc(Cl)c1OC(C)C. The first kappa shape index (κ1) is 20.8. The van der Waals surface area contributed by atoms with Gasteiger partial charge in [-0.25, -0.2) is 0 Å². The molecule has 30 heavy (non-hydrogen) atoms. The normalized spacial score (nSPS) is 14.0. The molecule has 158 valence electrons. The van der Waals surface area contributed by atoms with Gasteiger partial charge in [-0.05, 0) is 38.5 Å². The number of hydrogen-bond acceptors (Lipinski definition) is 4. The number of hydrogen-bond donors (Lipinski definition) is 1. The molecule has 0 unspecified atom stereocenters. The molecule has 0 atom stereocenters. The van der Waals surface area contributed by atoms with Crippen LogP contribution >= 0.6 is 11.6 Å². The summed E-state index contributed by atoms with van der Waals surface area (Å²) >= 11 is 6.60. The van der Waals surface area contributed by atoms with Crippen molar-refractivity contribution >= 4 is 11.6 Å². The number of fused-ring (bicyclic) bond motifs is 1. The molecule has 1 aromatic heterocycles. The van der Waals surface area contributed by atoms with Gasteiger partial charge in [0.05, 0.1) is 23.4 Å². The molecular formula is C24H28ClN3O2. The summed E-state index contributed by atoms with van der Waals surface area (Å²) in [5.41, 5.74) is 5.63. The van der Waals surface area contributed by atoms with Crippen molar-refractivity contribution in [2.75, 3.05) is 13.2 Å². The highest BCUT2D eigenvalue weighted by molar-refractivity contribution is 6.32. The van der Waals surface area contributed by atoms with E-state index in [-0.39, 0.29) is 6.10 Å². The summed E-state index contributed by atoms with van der Waals surface area (Å²) in [6.07, 6.45) is 0.965. The van der Waals surface area contributed by atoms with Crippen molar-refractivity contribution < 1.29 is 9.47 Å². The minimum absolute atomic E-state index is 0.0113. The number of rotatable bonds is 7. The van der Waals surface area contributed by atoms with Gasteiger partial charge in [-0.2, -0.15) is 5.10 Å². The van der Waals surface area contributed by atoms with Crippen LogP contribution in [0.5, 0.6) is 11.5 Å². The van der Waals surface area contributed by atoms with Gasteiger partial charge in [-0.1, -0.05) is 41.9 Å². The highest BCUT2D eigenvalue weighted by Crippen LogP contribution is 2.41. The van der Waals surface area contributed by atoms with Crippen LogP contribution in [0, 0.1) is 0 Å². The zero-order valence-electron chi connectivity index (χ0n) is 17.7. The molecule has 3 aromatic rings. The third kappa shape index (κ3) is 4.47. The second kappa shape index (κ2) is 9.11. The Morgan fingerprint density at radius 3 is 2.73 bits per heavy atom. The standard InChI is InChI=1S/C24H28ClN3O2/c1-4-29-22-13-18(12-20(25)24(22)30-16(2)3)23-19-15-28(11-10-21(19)26-27-23)14-17-8-6-5-7-9-17/h5-9,12-13,16H,4,10-11,14-15H2,1-3H3,(H,26,27). The van der Waals surface area contributed by atoms with E-state index in [4.69, 9.17) is 21.1 Å². The molecule has 4 rings (SSSR count). The fourth-order valence-corrected chi connectivity index (χ4v) is 4.14. The Kier molecular flexibility index (Phi) is 6.30. The molecule has 1 N–H and O–H groups in total. The molecule has 0 saturated carbocycles. The van der Waals surface area contributed by atoms with Gasteiger partial charge in [-0.3, -0.25) is 10.00 Å². The highest BCUT2D eigenvalue weighted by Gasteiger charge is 2.24. The zero-order chi connectivity index (χ0) is 21.1. The van der Waals surface area contributed by atoms with E-state index < -0.39 is 0 Å². The van der Waals surface area contributed by atoms with Gasteiger partial charge in [0.2, 0.25) is 0 Å². The fourth-order valence-electron chi connectivity index (χ4n) is 3.88. The number of benzene rings is 2. The molecule has 5 nitrogen and oxygen atoms in total. The number of aromatic amines is 1. The van der Waals surface area contributed by atoms with Crippen LogP contribution in [-0.4, -0.2) is 34.4 Å². The van der Waals surface area contributed by atoms with Crippen LogP contribution in [0.2, 0.25) is 5.02 Å². The van der Waals surface area contributed by atoms with Gasteiger partial charge in [0.1, 0.15) is 0 Å². The van der Waals surface area contributed by atoms with Crippen LogP contribution < -0.4 is 9.47 Å². The number of H-pyrrole nitrogens is 1. The summed E-state index contributed by atoms with van der Waals surface area (Å²) in [5.74, 6) is 1.25. The third-order valence-corrected chi connectivity index (χ3v) is 5.48. The summed E-state index contributed by atoms with van der Waals surface area (Å²) in [5, 5.41) is 8.41. The average molecular weight is 426 g/mol. The molecule has 1 aliphatic rings. The van der Waals surface area contributed by atoms with E-state index in [0.717, 1.165) is 37.3 Å². The maximum Gasteiger partial charge on any atom is 0.180 e. The van der Waals surface area contributed by atoms with E-state index in [2.05, 4.69) is 45.4 Å². The molecule has 1 aliphatic heterocycles. The second-order valence-electron chi connectivity index (χ2n) is 7.86. The Labute approximate surface area is 183 Å². The first-order valence-corrected chi connectivity index (χ1v) is 10.9. The molecule has 0 fully saturated rings. The Balaban J connectivity index is 1.64. The Morgan fingerprint density at radius 1 is 1.20 bits per heavy atom. The van der Waals surface area contributed by atoms with Crippen LogP contribution in [0.25, 0.3) is 11.3 Å². The number of nitrogens with one attached hydrogen (secondary N) is 1. The van der Waals surface area contributed by atoms with E-state index >= 15 is 0 Å². The van der Waals surface area contributed by atoms with Crippen LogP contribution in [0.3, 0.4) is 0 Å². The maximum absolute atomic E-state index is 6.60. The van der Waals surface area contributed by atoms with Crippen LogP contribution in [0.1, 0.15) is 37.6 Å². The maximum atomic E-state index is 6.60. The lowest BCUT2D eigenvalue weighted by molar-refractivity contribution is 0.224. The lowest BCUT2D eigenvalue weighted by Gasteiger charge is -2.27. The van der Waals surface area contributed by atoms with Crippen molar-refractivity contribution in [1.29, 1.82) is 0 Å². The predicted molar refractivity (Wildman–Crippen MR) is 120 cm³/mol. The van der Waals surface area contributed by atoms with Gasteiger partial charge in [0, 0.05) is 42.9 Å². The van der Waals surface area contributed by atoms with Gasteiger partial charge in [0.15, 0.2) is 11.5 Å². The van der Waals surface area contributed by atoms with Crippen LogP contribution in [0.4, 0.5) is 0 Å². The predicted octanol–water partition coefficient (Wildman–Crippen LogP) is 5.47. The molecule has 0 spiro atoms. The van der Waals surface area contributed by atoms with Crippen molar-refractivity contribution in [2.45, 2.75) is 46.4 Å². The quantitative estimate of drug-likeness (QED) is 0.545. The molecule has 0 amide bonds. The van der Waals surface area contributed by atoms with Gasteiger partial charge in [0.25, 0.3) is 0 Å². The molecule has 0 bridgehead atoms. The van der Waals surface area contributed by atoms with Gasteiger partial charge >= 0.3 is 0 Å². The summed E-state index contributed by atoms with van der Waals surface area (Å²) in [7, 11) is 0. The first-order chi connectivity index (χ1) is 14.5. The zero-order valence-corrected chi connectivity index (χ0v) is 18.5. The van der Waals surface area contributed by atoms with Crippen LogP contribution in [0.15, 0.2) is 42.5 Å². The second-order valence-corrected chi connectivity index (χ2v) is 8.27. The molecule has 0 radical (unpaired) electrons. The number of aromatic nitrogens is 2. The number of ether oxygens (including phenoxy) is 2. The van der Waals surface area contributed by atoms with Crippen molar-refractivity contribution in [2.24, 2.45) is 0 Å². The van der Waals surface area contributed by atoms with Crippen LogP contribution in [-0.2, 0) is 19.5 Å². The topological polar surface area (TPSA) is 50.4 Å². The van der Waals surface area contributed by atoms with E-state index in [9.17, 15) is 0 Å². The largest absolute Gasteiger partial charge is 0.490 e. The molecule has 0 saturated heterocycles. The summed E-state index contributed by atoms with van der Waals surface area (Å²) in [4.78, 5) is 2.46. The first-order valence-electron chi connectivity index (χ1n) is 10.5. The van der Waals surface area contributed by atoms with E-state index in [1.54, 1.807) is 0 Å². The Morgan fingerprint density at radius 2 is 2.00 bits per heavy atom. The van der Waals surface area contributed by atoms with E-state index in [1.807, 2.05) is 32.9 Å². The van der Waals surface area contributed by atoms with Crippen molar-refractivity contribution in [3.8, 4) is 22.8 Å². The van der Waals surface area contributed by atoms with Crippen molar-refractivity contribution in [1.82, 2.24) is 15.1 Å². The van der Waals surface area contributed by atoms with Gasteiger partial charge in [-0.15, -0.1) is 0 Å². The molecule has 0 aliphatic carbocycles. The highest BCUT2D eigenvalue weighted by atomic mass is 35.5. The van der Waals surface area contributed by atoms with Crippen molar-refractivity contribution in [3.63, 3.8) is 0 Å². The third-order valence-electron chi connectivity index (χ3n) is 5.20. The summed E-state index contributed by atoms with van der Waals surface area (Å²) in [6, 6.07) is 14.5. The minimum atomic E-state index is 0.0113. The smallest absolute Gasteiger partial charge is 0.180 e. The molecule has 6 heteroatoms. The van der Waals surface area contributed by atoms with Gasteiger partial charge < -0.3 is 9.47 Å². The van der Waals surface area contributed by atoms with E-state index in [0.29, 0.717) is 23.1 Å². The lowest BCUT2D eigenvalue weighted by Crippen LogP contribution is -2.29. The number of halogens is 1. The van der Waals surface area contributed by atoms with E-state index in [1.165, 1.54) is 16.8 Å². The molecule has 2 aromatic carbocycles. The monoisotopic (exact) mass is 425 g/mol. The average Bonchev–Trinajstić information content (AvgIpc) is 3.14. The fraction of sp³-hybridized carbons (Fsp3) is 0.375. The number of nitrogens with zero attached hydrogens (tertiary/aromatic N) is 2. The van der Waals surface area contributed by atoms with Crippen molar-refractivity contribution in [3.05, 3.63) is 64.3 Å². The summed E-state index contributed by atoms with van der Waals surface area (Å²) < 4.78 is 11.7.